The van der Waals surface area contributed by atoms with Crippen molar-refractivity contribution in [1.82, 2.24) is 9.97 Å². The molecule has 0 radical (unpaired) electrons. The third-order valence-corrected chi connectivity index (χ3v) is 1.82. The van der Waals surface area contributed by atoms with E-state index in [9.17, 15) is 4.79 Å². The van der Waals surface area contributed by atoms with Crippen LogP contribution in [0, 0.1) is 0 Å². The number of carbonyl (C=O) groups excluding carboxylic acids is 1. The van der Waals surface area contributed by atoms with E-state index in [-0.39, 0.29) is 5.97 Å². The van der Waals surface area contributed by atoms with E-state index < -0.39 is 6.04 Å². The highest BCUT2D eigenvalue weighted by atomic mass is 16.5. The maximum absolute atomic E-state index is 11.2. The largest absolute Gasteiger partial charge is 0.477 e. The van der Waals surface area contributed by atoms with E-state index in [0.29, 0.717) is 18.3 Å². The minimum absolute atomic E-state index is 0.358. The molecule has 0 saturated heterocycles. The molecular weight excluding hydrogens is 210 g/mol. The van der Waals surface area contributed by atoms with E-state index in [4.69, 9.17) is 4.74 Å². The molecule has 0 saturated carbocycles. The SMILES string of the molecule is CCOc1cncc(NC(C)C(=O)OC)n1. The summed E-state index contributed by atoms with van der Waals surface area (Å²) in [4.78, 5) is 19.2. The van der Waals surface area contributed by atoms with Crippen LogP contribution in [0.2, 0.25) is 0 Å². The number of carbonyl (C=O) groups is 1. The van der Waals surface area contributed by atoms with Gasteiger partial charge in [-0.1, -0.05) is 0 Å². The van der Waals surface area contributed by atoms with E-state index in [1.54, 1.807) is 6.92 Å². The molecule has 1 unspecified atom stereocenters. The van der Waals surface area contributed by atoms with Crippen LogP contribution >= 0.6 is 0 Å². The zero-order valence-corrected chi connectivity index (χ0v) is 9.56. The van der Waals surface area contributed by atoms with Crippen LogP contribution in [-0.4, -0.2) is 35.7 Å². The highest BCUT2D eigenvalue weighted by molar-refractivity contribution is 5.78. The molecule has 1 aromatic heterocycles. The van der Waals surface area contributed by atoms with Gasteiger partial charge in [0.05, 0.1) is 26.1 Å². The zero-order valence-electron chi connectivity index (χ0n) is 9.56. The molecule has 0 fully saturated rings. The lowest BCUT2D eigenvalue weighted by molar-refractivity contribution is -0.141. The number of hydrogen-bond acceptors (Lipinski definition) is 6. The summed E-state index contributed by atoms with van der Waals surface area (Å²) in [5.41, 5.74) is 0. The smallest absolute Gasteiger partial charge is 0.328 e. The van der Waals surface area contributed by atoms with Crippen molar-refractivity contribution in [2.24, 2.45) is 0 Å². The maximum Gasteiger partial charge on any atom is 0.328 e. The first-order valence-corrected chi connectivity index (χ1v) is 4.96. The van der Waals surface area contributed by atoms with Crippen molar-refractivity contribution in [3.05, 3.63) is 12.4 Å². The highest BCUT2D eigenvalue weighted by Crippen LogP contribution is 2.10. The zero-order chi connectivity index (χ0) is 12.0. The second-order valence-corrected chi connectivity index (χ2v) is 3.06. The number of esters is 1. The Kier molecular flexibility index (Phi) is 4.50. The average molecular weight is 225 g/mol. The van der Waals surface area contributed by atoms with Gasteiger partial charge in [-0.05, 0) is 13.8 Å². The second kappa shape index (κ2) is 5.89. The summed E-state index contributed by atoms with van der Waals surface area (Å²) in [6, 6.07) is -0.476. The van der Waals surface area contributed by atoms with E-state index in [1.807, 2.05) is 6.92 Å². The van der Waals surface area contributed by atoms with Gasteiger partial charge >= 0.3 is 5.97 Å². The fraction of sp³-hybridized carbons (Fsp3) is 0.500. The lowest BCUT2D eigenvalue weighted by Crippen LogP contribution is -2.27. The lowest BCUT2D eigenvalue weighted by Gasteiger charge is -2.12. The Balaban J connectivity index is 2.66. The van der Waals surface area contributed by atoms with Crippen LogP contribution in [0.15, 0.2) is 12.4 Å². The van der Waals surface area contributed by atoms with Gasteiger partial charge in [0.25, 0.3) is 0 Å². The number of aromatic nitrogens is 2. The molecule has 1 atom stereocenters. The molecule has 1 rings (SSSR count). The van der Waals surface area contributed by atoms with Gasteiger partial charge < -0.3 is 14.8 Å². The Morgan fingerprint density at radius 2 is 2.31 bits per heavy atom. The van der Waals surface area contributed by atoms with E-state index in [2.05, 4.69) is 20.0 Å². The molecule has 1 aromatic rings. The Morgan fingerprint density at radius 1 is 1.56 bits per heavy atom. The first-order valence-electron chi connectivity index (χ1n) is 4.96. The Bertz CT molecular complexity index is 357. The number of ether oxygens (including phenoxy) is 2. The van der Waals surface area contributed by atoms with Crippen molar-refractivity contribution in [2.45, 2.75) is 19.9 Å². The third-order valence-electron chi connectivity index (χ3n) is 1.82. The van der Waals surface area contributed by atoms with Gasteiger partial charge in [0.2, 0.25) is 5.88 Å². The Morgan fingerprint density at radius 3 is 2.94 bits per heavy atom. The third kappa shape index (κ3) is 3.38. The normalized spacial score (nSPS) is 11.7. The summed E-state index contributed by atoms with van der Waals surface area (Å²) in [5.74, 6) is 0.539. The summed E-state index contributed by atoms with van der Waals surface area (Å²) < 4.78 is 9.77. The van der Waals surface area contributed by atoms with Crippen LogP contribution in [0.25, 0.3) is 0 Å². The van der Waals surface area contributed by atoms with Gasteiger partial charge in [-0.25, -0.2) is 4.79 Å². The fourth-order valence-electron chi connectivity index (χ4n) is 1.09. The van der Waals surface area contributed by atoms with Crippen LogP contribution in [0.5, 0.6) is 5.88 Å². The average Bonchev–Trinajstić information content (AvgIpc) is 2.29. The predicted molar refractivity (Wildman–Crippen MR) is 58.3 cm³/mol. The van der Waals surface area contributed by atoms with Crippen LogP contribution in [0.3, 0.4) is 0 Å². The molecule has 1 heterocycles. The van der Waals surface area contributed by atoms with Crippen LogP contribution in [-0.2, 0) is 9.53 Å². The number of nitrogens with one attached hydrogen (secondary N) is 1. The molecule has 1 N–H and O–H groups in total. The van der Waals surface area contributed by atoms with Crippen molar-refractivity contribution in [3.8, 4) is 5.88 Å². The highest BCUT2D eigenvalue weighted by Gasteiger charge is 2.13. The van der Waals surface area contributed by atoms with Crippen LogP contribution in [0.1, 0.15) is 13.8 Å². The number of methoxy groups -OCH3 is 1. The number of nitrogens with zero attached hydrogens (tertiary/aromatic N) is 2. The maximum atomic E-state index is 11.2. The standard InChI is InChI=1S/C10H15N3O3/c1-4-16-9-6-11-5-8(13-9)12-7(2)10(14)15-3/h5-7H,4H2,1-3H3,(H,12,13). The monoisotopic (exact) mass is 225 g/mol. The summed E-state index contributed by atoms with van der Waals surface area (Å²) in [6.07, 6.45) is 3.03. The van der Waals surface area contributed by atoms with Crippen molar-refractivity contribution in [2.75, 3.05) is 19.0 Å². The molecule has 0 aliphatic heterocycles. The van der Waals surface area contributed by atoms with E-state index in [1.165, 1.54) is 19.5 Å². The number of rotatable bonds is 5. The quantitative estimate of drug-likeness (QED) is 0.749. The number of hydrogen-bond donors (Lipinski definition) is 1. The lowest BCUT2D eigenvalue weighted by atomic mass is 10.3. The van der Waals surface area contributed by atoms with Gasteiger partial charge in [0.1, 0.15) is 11.9 Å². The van der Waals surface area contributed by atoms with E-state index in [0.717, 1.165) is 0 Å². The molecule has 6 heteroatoms. The van der Waals surface area contributed by atoms with Crippen LogP contribution in [0.4, 0.5) is 5.82 Å². The minimum atomic E-state index is -0.476. The Labute approximate surface area is 94.0 Å². The first-order chi connectivity index (χ1) is 7.67. The predicted octanol–water partition coefficient (Wildman–Crippen LogP) is 0.849. The topological polar surface area (TPSA) is 73.3 Å². The van der Waals surface area contributed by atoms with Gasteiger partial charge in [-0.2, -0.15) is 4.98 Å². The second-order valence-electron chi connectivity index (χ2n) is 3.06. The molecular formula is C10H15N3O3. The molecule has 16 heavy (non-hydrogen) atoms. The van der Waals surface area contributed by atoms with Crippen molar-refractivity contribution < 1.29 is 14.3 Å². The first kappa shape index (κ1) is 12.2. The summed E-state index contributed by atoms with van der Waals surface area (Å²) in [7, 11) is 1.34. The molecule has 0 aliphatic rings. The minimum Gasteiger partial charge on any atom is -0.477 e. The fourth-order valence-corrected chi connectivity index (χ4v) is 1.09. The van der Waals surface area contributed by atoms with E-state index >= 15 is 0 Å². The molecule has 6 nitrogen and oxygen atoms in total. The van der Waals surface area contributed by atoms with Crippen molar-refractivity contribution in [3.63, 3.8) is 0 Å². The molecule has 0 aliphatic carbocycles. The van der Waals surface area contributed by atoms with Gasteiger partial charge in [-0.3, -0.25) is 4.98 Å². The van der Waals surface area contributed by atoms with Gasteiger partial charge in [-0.15, -0.1) is 0 Å². The molecule has 0 aromatic carbocycles. The molecule has 88 valence electrons. The van der Waals surface area contributed by atoms with Gasteiger partial charge in [0, 0.05) is 0 Å². The van der Waals surface area contributed by atoms with Crippen LogP contribution < -0.4 is 10.1 Å². The summed E-state index contributed by atoms with van der Waals surface area (Å²) >= 11 is 0. The van der Waals surface area contributed by atoms with Gasteiger partial charge in [0.15, 0.2) is 0 Å². The molecule has 0 bridgehead atoms. The Hall–Kier alpha value is -1.85. The summed E-state index contributed by atoms with van der Waals surface area (Å²) in [5, 5.41) is 2.86. The van der Waals surface area contributed by atoms with Crippen molar-refractivity contribution >= 4 is 11.8 Å². The molecule has 0 amide bonds. The molecule has 0 spiro atoms. The summed E-state index contributed by atoms with van der Waals surface area (Å²) in [6.45, 7) is 4.06. The number of anilines is 1. The van der Waals surface area contributed by atoms with Crippen molar-refractivity contribution in [1.29, 1.82) is 0 Å².